The Labute approximate surface area is 144 Å². The number of nitrogens with zero attached hydrogens (tertiary/aromatic N) is 2. The SMILES string of the molecule is CC(=O)N1N=C(c2c(C)coc2C)C[C@@H]1c1ccc(Cl)cc1Cl. The van der Waals surface area contributed by atoms with E-state index in [4.69, 9.17) is 27.6 Å². The van der Waals surface area contributed by atoms with Crippen molar-refractivity contribution >= 4 is 34.8 Å². The van der Waals surface area contributed by atoms with E-state index >= 15 is 0 Å². The van der Waals surface area contributed by atoms with Crippen LogP contribution >= 0.6 is 23.2 Å². The van der Waals surface area contributed by atoms with E-state index in [1.54, 1.807) is 18.4 Å². The number of hydrogen-bond donors (Lipinski definition) is 0. The number of carbonyl (C=O) groups excluding carboxylic acids is 1. The standard InChI is InChI=1S/C17H16Cl2N2O2/c1-9-8-23-10(2)17(9)15-7-16(21(20-15)11(3)22)13-5-4-12(18)6-14(13)19/h4-6,8,16H,7H2,1-3H3/t16-/m1/s1. The molecule has 1 aromatic carbocycles. The number of hydrogen-bond acceptors (Lipinski definition) is 3. The van der Waals surface area contributed by atoms with E-state index in [1.807, 2.05) is 19.9 Å². The zero-order valence-electron chi connectivity index (χ0n) is 13.1. The van der Waals surface area contributed by atoms with E-state index in [1.165, 1.54) is 11.9 Å². The highest BCUT2D eigenvalue weighted by atomic mass is 35.5. The van der Waals surface area contributed by atoms with Crippen LogP contribution in [0.4, 0.5) is 0 Å². The summed E-state index contributed by atoms with van der Waals surface area (Å²) in [6.07, 6.45) is 2.29. The second-order valence-corrected chi connectivity index (χ2v) is 6.49. The summed E-state index contributed by atoms with van der Waals surface area (Å²) in [6, 6.07) is 5.07. The van der Waals surface area contributed by atoms with Crippen molar-refractivity contribution in [3.8, 4) is 0 Å². The fraction of sp³-hybridized carbons (Fsp3) is 0.294. The largest absolute Gasteiger partial charge is 0.469 e. The molecule has 4 nitrogen and oxygen atoms in total. The second kappa shape index (κ2) is 6.02. The molecule has 0 spiro atoms. The monoisotopic (exact) mass is 350 g/mol. The number of hydrazone groups is 1. The Bertz CT molecular complexity index is 791. The first-order chi connectivity index (χ1) is 10.9. The molecular formula is C17H16Cl2N2O2. The Hall–Kier alpha value is -1.78. The van der Waals surface area contributed by atoms with Crippen molar-refractivity contribution in [3.63, 3.8) is 0 Å². The molecule has 0 radical (unpaired) electrons. The van der Waals surface area contributed by atoms with Gasteiger partial charge in [0.1, 0.15) is 5.76 Å². The minimum atomic E-state index is -0.235. The predicted molar refractivity (Wildman–Crippen MR) is 91.1 cm³/mol. The molecule has 2 aromatic rings. The van der Waals surface area contributed by atoms with Gasteiger partial charge in [0.15, 0.2) is 0 Å². The highest BCUT2D eigenvalue weighted by Gasteiger charge is 2.34. The number of aryl methyl sites for hydroxylation is 2. The Kier molecular flexibility index (Phi) is 4.21. The molecule has 1 amide bonds. The molecule has 6 heteroatoms. The molecule has 2 heterocycles. The molecule has 0 fully saturated rings. The van der Waals surface area contributed by atoms with Crippen LogP contribution in [0.1, 0.15) is 41.8 Å². The van der Waals surface area contributed by atoms with Crippen LogP contribution < -0.4 is 0 Å². The maximum absolute atomic E-state index is 12.0. The fourth-order valence-electron chi connectivity index (χ4n) is 2.97. The van der Waals surface area contributed by atoms with Gasteiger partial charge in [-0.2, -0.15) is 5.10 Å². The van der Waals surface area contributed by atoms with Crippen molar-refractivity contribution < 1.29 is 9.21 Å². The molecule has 0 aliphatic carbocycles. The normalized spacial score (nSPS) is 17.5. The Morgan fingerprint density at radius 1 is 1.35 bits per heavy atom. The van der Waals surface area contributed by atoms with Gasteiger partial charge in [-0.05, 0) is 37.1 Å². The lowest BCUT2D eigenvalue weighted by molar-refractivity contribution is -0.130. The molecular weight excluding hydrogens is 335 g/mol. The van der Waals surface area contributed by atoms with Gasteiger partial charge in [-0.15, -0.1) is 0 Å². The summed E-state index contributed by atoms with van der Waals surface area (Å²) in [5, 5.41) is 7.10. The molecule has 1 aliphatic rings. The maximum atomic E-state index is 12.0. The number of furan rings is 1. The van der Waals surface area contributed by atoms with E-state index < -0.39 is 0 Å². The molecule has 0 N–H and O–H groups in total. The van der Waals surface area contributed by atoms with Gasteiger partial charge >= 0.3 is 0 Å². The minimum absolute atomic E-state index is 0.130. The smallest absolute Gasteiger partial charge is 0.240 e. The molecule has 1 atom stereocenters. The Morgan fingerprint density at radius 3 is 2.65 bits per heavy atom. The van der Waals surface area contributed by atoms with Gasteiger partial charge in [0.25, 0.3) is 0 Å². The highest BCUT2D eigenvalue weighted by Crippen LogP contribution is 2.38. The zero-order chi connectivity index (χ0) is 16.7. The first kappa shape index (κ1) is 16.1. The van der Waals surface area contributed by atoms with E-state index in [0.29, 0.717) is 16.5 Å². The molecule has 23 heavy (non-hydrogen) atoms. The van der Waals surface area contributed by atoms with Gasteiger partial charge < -0.3 is 4.42 Å². The average molecular weight is 351 g/mol. The third kappa shape index (κ3) is 2.89. The number of halogens is 2. The summed E-state index contributed by atoms with van der Waals surface area (Å²) in [5.74, 6) is 0.669. The van der Waals surface area contributed by atoms with Gasteiger partial charge in [-0.3, -0.25) is 4.79 Å². The maximum Gasteiger partial charge on any atom is 0.240 e. The van der Waals surface area contributed by atoms with Gasteiger partial charge in [-0.25, -0.2) is 5.01 Å². The summed E-state index contributed by atoms with van der Waals surface area (Å²) >= 11 is 12.3. The molecule has 0 bridgehead atoms. The Balaban J connectivity index is 2.02. The van der Waals surface area contributed by atoms with Crippen molar-refractivity contribution in [2.45, 2.75) is 33.2 Å². The molecule has 0 unspecified atom stereocenters. The first-order valence-electron chi connectivity index (χ1n) is 7.25. The molecule has 0 saturated carbocycles. The molecule has 1 aliphatic heterocycles. The number of benzene rings is 1. The van der Waals surface area contributed by atoms with Crippen molar-refractivity contribution in [2.75, 3.05) is 0 Å². The van der Waals surface area contributed by atoms with Crippen LogP contribution in [0, 0.1) is 13.8 Å². The van der Waals surface area contributed by atoms with Crippen LogP contribution in [0.15, 0.2) is 34.0 Å². The molecule has 0 saturated heterocycles. The van der Waals surface area contributed by atoms with Crippen molar-refractivity contribution in [1.82, 2.24) is 5.01 Å². The van der Waals surface area contributed by atoms with E-state index in [0.717, 1.165) is 28.2 Å². The molecule has 120 valence electrons. The predicted octanol–water partition coefficient (Wildman–Crippen LogP) is 4.90. The Morgan fingerprint density at radius 2 is 2.09 bits per heavy atom. The van der Waals surface area contributed by atoms with Crippen LogP contribution in [-0.2, 0) is 4.79 Å². The van der Waals surface area contributed by atoms with Crippen molar-refractivity contribution in [2.24, 2.45) is 5.10 Å². The summed E-state index contributed by atoms with van der Waals surface area (Å²) in [6.45, 7) is 5.36. The van der Waals surface area contributed by atoms with Crippen LogP contribution in [0.25, 0.3) is 0 Å². The summed E-state index contributed by atoms with van der Waals surface area (Å²) in [7, 11) is 0. The summed E-state index contributed by atoms with van der Waals surface area (Å²) < 4.78 is 5.46. The lowest BCUT2D eigenvalue weighted by Gasteiger charge is -2.21. The lowest BCUT2D eigenvalue weighted by atomic mass is 9.97. The van der Waals surface area contributed by atoms with Crippen LogP contribution in [0.2, 0.25) is 10.0 Å². The van der Waals surface area contributed by atoms with Gasteiger partial charge in [0, 0.05) is 29.0 Å². The van der Waals surface area contributed by atoms with Crippen molar-refractivity contribution in [1.29, 1.82) is 0 Å². The van der Waals surface area contributed by atoms with Gasteiger partial charge in [-0.1, -0.05) is 29.3 Å². The minimum Gasteiger partial charge on any atom is -0.469 e. The van der Waals surface area contributed by atoms with Gasteiger partial charge in [0.05, 0.1) is 18.0 Å². The first-order valence-corrected chi connectivity index (χ1v) is 8.01. The highest BCUT2D eigenvalue weighted by molar-refractivity contribution is 6.35. The van der Waals surface area contributed by atoms with E-state index in [2.05, 4.69) is 5.10 Å². The van der Waals surface area contributed by atoms with E-state index in [-0.39, 0.29) is 11.9 Å². The van der Waals surface area contributed by atoms with E-state index in [9.17, 15) is 4.79 Å². The van der Waals surface area contributed by atoms with Crippen molar-refractivity contribution in [3.05, 3.63) is 57.0 Å². The third-order valence-corrected chi connectivity index (χ3v) is 4.56. The fourth-order valence-corrected chi connectivity index (χ4v) is 3.50. The molecule has 1 aromatic heterocycles. The third-order valence-electron chi connectivity index (χ3n) is 4.00. The second-order valence-electron chi connectivity index (χ2n) is 5.65. The summed E-state index contributed by atoms with van der Waals surface area (Å²) in [5.41, 5.74) is 3.64. The number of rotatable bonds is 2. The van der Waals surface area contributed by atoms with Crippen LogP contribution in [-0.4, -0.2) is 16.6 Å². The average Bonchev–Trinajstić information content (AvgIpc) is 3.03. The quantitative estimate of drug-likeness (QED) is 0.772. The van der Waals surface area contributed by atoms with Crippen LogP contribution in [0.3, 0.4) is 0 Å². The lowest BCUT2D eigenvalue weighted by Crippen LogP contribution is -2.24. The molecule has 3 rings (SSSR count). The van der Waals surface area contributed by atoms with Gasteiger partial charge in [0.2, 0.25) is 5.91 Å². The number of carbonyl (C=O) groups is 1. The zero-order valence-corrected chi connectivity index (χ0v) is 14.6. The topological polar surface area (TPSA) is 45.8 Å². The summed E-state index contributed by atoms with van der Waals surface area (Å²) in [4.78, 5) is 12.0. The number of amides is 1. The van der Waals surface area contributed by atoms with Crippen LogP contribution in [0.5, 0.6) is 0 Å².